The van der Waals surface area contributed by atoms with E-state index in [4.69, 9.17) is 4.74 Å². The van der Waals surface area contributed by atoms with Crippen LogP contribution in [0.1, 0.15) is 28.5 Å². The molecule has 3 nitrogen and oxygen atoms in total. The zero-order valence-electron chi connectivity index (χ0n) is 11.4. The Morgan fingerprint density at radius 2 is 1.89 bits per heavy atom. The molecule has 0 unspecified atom stereocenters. The molecule has 0 aliphatic rings. The molecule has 0 spiro atoms. The fraction of sp³-hybridized carbons (Fsp3) is 0.250. The summed E-state index contributed by atoms with van der Waals surface area (Å²) in [6.07, 6.45) is 0. The summed E-state index contributed by atoms with van der Waals surface area (Å²) in [6.45, 7) is 6.04. The van der Waals surface area contributed by atoms with E-state index in [9.17, 15) is 4.79 Å². The van der Waals surface area contributed by atoms with Gasteiger partial charge in [-0.15, -0.1) is 0 Å². The number of rotatable bonds is 3. The van der Waals surface area contributed by atoms with Gasteiger partial charge in [0.15, 0.2) is 0 Å². The lowest BCUT2D eigenvalue weighted by Gasteiger charge is -2.09. The highest BCUT2D eigenvalue weighted by Gasteiger charge is 2.12. The van der Waals surface area contributed by atoms with E-state index in [2.05, 4.69) is 4.98 Å². The first-order valence-electron chi connectivity index (χ1n) is 6.34. The van der Waals surface area contributed by atoms with Gasteiger partial charge in [0.25, 0.3) is 0 Å². The van der Waals surface area contributed by atoms with E-state index < -0.39 is 0 Å². The van der Waals surface area contributed by atoms with Gasteiger partial charge < -0.3 is 4.74 Å². The number of aromatic nitrogens is 1. The normalized spacial score (nSPS) is 10.3. The van der Waals surface area contributed by atoms with Gasteiger partial charge in [0.05, 0.1) is 23.6 Å². The Hall–Kier alpha value is -2.16. The van der Waals surface area contributed by atoms with Crippen LogP contribution in [0.3, 0.4) is 0 Å². The van der Waals surface area contributed by atoms with E-state index in [0.29, 0.717) is 17.9 Å². The molecule has 0 bridgehead atoms. The zero-order chi connectivity index (χ0) is 13.8. The van der Waals surface area contributed by atoms with Crippen molar-refractivity contribution in [3.05, 3.63) is 53.2 Å². The highest BCUT2D eigenvalue weighted by atomic mass is 16.5. The van der Waals surface area contributed by atoms with Crippen LogP contribution in [0.25, 0.3) is 11.3 Å². The molecule has 19 heavy (non-hydrogen) atoms. The second-order valence-electron chi connectivity index (χ2n) is 4.36. The maximum Gasteiger partial charge on any atom is 0.339 e. The molecule has 0 N–H and O–H groups in total. The highest BCUT2D eigenvalue weighted by molar-refractivity contribution is 5.91. The number of aryl methyl sites for hydroxylation is 2. The summed E-state index contributed by atoms with van der Waals surface area (Å²) in [5, 5.41) is 0. The van der Waals surface area contributed by atoms with Crippen molar-refractivity contribution in [2.75, 3.05) is 6.61 Å². The predicted molar refractivity (Wildman–Crippen MR) is 75.1 cm³/mol. The van der Waals surface area contributed by atoms with Crippen LogP contribution in [-0.4, -0.2) is 17.6 Å². The number of benzene rings is 1. The first-order valence-corrected chi connectivity index (χ1v) is 6.34. The van der Waals surface area contributed by atoms with Crippen molar-refractivity contribution >= 4 is 5.97 Å². The summed E-state index contributed by atoms with van der Waals surface area (Å²) in [7, 11) is 0. The maximum absolute atomic E-state index is 11.7. The van der Waals surface area contributed by atoms with Crippen molar-refractivity contribution in [1.82, 2.24) is 4.98 Å². The minimum absolute atomic E-state index is 0.316. The largest absolute Gasteiger partial charge is 0.462 e. The topological polar surface area (TPSA) is 39.2 Å². The molecule has 0 radical (unpaired) electrons. The minimum atomic E-state index is -0.316. The van der Waals surface area contributed by atoms with E-state index >= 15 is 0 Å². The summed E-state index contributed by atoms with van der Waals surface area (Å²) in [5.74, 6) is -0.316. The SMILES string of the molecule is CCOC(=O)c1ccc(-c2ccccc2C)nc1C. The van der Waals surface area contributed by atoms with Crippen LogP contribution in [0.15, 0.2) is 36.4 Å². The van der Waals surface area contributed by atoms with Gasteiger partial charge in [-0.1, -0.05) is 24.3 Å². The molecule has 2 aromatic rings. The Labute approximate surface area is 113 Å². The lowest BCUT2D eigenvalue weighted by atomic mass is 10.0. The molecule has 0 aliphatic carbocycles. The molecule has 0 saturated carbocycles. The number of ether oxygens (including phenoxy) is 1. The second-order valence-corrected chi connectivity index (χ2v) is 4.36. The Morgan fingerprint density at radius 1 is 1.16 bits per heavy atom. The number of hydrogen-bond donors (Lipinski definition) is 0. The lowest BCUT2D eigenvalue weighted by molar-refractivity contribution is 0.0525. The van der Waals surface area contributed by atoms with E-state index in [1.54, 1.807) is 13.0 Å². The molecule has 1 aromatic carbocycles. The van der Waals surface area contributed by atoms with Crippen LogP contribution in [-0.2, 0) is 4.74 Å². The first-order chi connectivity index (χ1) is 9.13. The van der Waals surface area contributed by atoms with Crippen molar-refractivity contribution in [2.24, 2.45) is 0 Å². The third-order valence-electron chi connectivity index (χ3n) is 3.00. The maximum atomic E-state index is 11.7. The number of carbonyl (C=O) groups is 1. The van der Waals surface area contributed by atoms with E-state index in [0.717, 1.165) is 11.3 Å². The number of carbonyl (C=O) groups excluding carboxylic acids is 1. The molecule has 0 amide bonds. The number of esters is 1. The average Bonchev–Trinajstić information content (AvgIpc) is 2.39. The molecule has 1 heterocycles. The molecule has 0 aliphatic heterocycles. The Balaban J connectivity index is 2.39. The Morgan fingerprint density at radius 3 is 2.53 bits per heavy atom. The van der Waals surface area contributed by atoms with Gasteiger partial charge in [-0.2, -0.15) is 0 Å². The van der Waals surface area contributed by atoms with Crippen LogP contribution < -0.4 is 0 Å². The molecule has 1 aromatic heterocycles. The fourth-order valence-corrected chi connectivity index (χ4v) is 2.00. The van der Waals surface area contributed by atoms with Gasteiger partial charge in [-0.05, 0) is 38.5 Å². The van der Waals surface area contributed by atoms with Crippen LogP contribution >= 0.6 is 0 Å². The van der Waals surface area contributed by atoms with Crippen molar-refractivity contribution < 1.29 is 9.53 Å². The van der Waals surface area contributed by atoms with Crippen molar-refractivity contribution in [1.29, 1.82) is 0 Å². The molecular formula is C16H17NO2. The van der Waals surface area contributed by atoms with Crippen LogP contribution in [0, 0.1) is 13.8 Å². The third kappa shape index (κ3) is 2.81. The molecular weight excluding hydrogens is 238 g/mol. The van der Waals surface area contributed by atoms with Gasteiger partial charge in [0.1, 0.15) is 0 Å². The standard InChI is InChI=1S/C16H17NO2/c1-4-19-16(18)14-9-10-15(17-12(14)3)13-8-6-5-7-11(13)2/h5-10H,4H2,1-3H3. The average molecular weight is 255 g/mol. The highest BCUT2D eigenvalue weighted by Crippen LogP contribution is 2.22. The molecule has 98 valence electrons. The zero-order valence-corrected chi connectivity index (χ0v) is 11.4. The van der Waals surface area contributed by atoms with E-state index in [1.807, 2.05) is 44.2 Å². The van der Waals surface area contributed by atoms with Crippen LogP contribution in [0.2, 0.25) is 0 Å². The lowest BCUT2D eigenvalue weighted by Crippen LogP contribution is -2.08. The van der Waals surface area contributed by atoms with Gasteiger partial charge in [0, 0.05) is 5.56 Å². The smallest absolute Gasteiger partial charge is 0.339 e. The summed E-state index contributed by atoms with van der Waals surface area (Å²) < 4.78 is 5.00. The van der Waals surface area contributed by atoms with Crippen molar-refractivity contribution in [3.63, 3.8) is 0 Å². The van der Waals surface area contributed by atoms with E-state index in [1.165, 1.54) is 5.56 Å². The van der Waals surface area contributed by atoms with Gasteiger partial charge in [-0.3, -0.25) is 4.98 Å². The third-order valence-corrected chi connectivity index (χ3v) is 3.00. The molecule has 2 rings (SSSR count). The summed E-state index contributed by atoms with van der Waals surface area (Å²) in [4.78, 5) is 16.2. The van der Waals surface area contributed by atoms with Gasteiger partial charge in [-0.25, -0.2) is 4.79 Å². The number of pyridine rings is 1. The molecule has 3 heteroatoms. The van der Waals surface area contributed by atoms with Gasteiger partial charge in [0.2, 0.25) is 0 Å². The van der Waals surface area contributed by atoms with E-state index in [-0.39, 0.29) is 5.97 Å². The summed E-state index contributed by atoms with van der Waals surface area (Å²) in [5.41, 5.74) is 4.35. The summed E-state index contributed by atoms with van der Waals surface area (Å²) >= 11 is 0. The van der Waals surface area contributed by atoms with Crippen LogP contribution in [0.4, 0.5) is 0 Å². The fourth-order valence-electron chi connectivity index (χ4n) is 2.00. The molecule has 0 saturated heterocycles. The minimum Gasteiger partial charge on any atom is -0.462 e. The van der Waals surface area contributed by atoms with Crippen LogP contribution in [0.5, 0.6) is 0 Å². The predicted octanol–water partition coefficient (Wildman–Crippen LogP) is 3.54. The number of nitrogens with zero attached hydrogens (tertiary/aromatic N) is 1. The molecule has 0 fully saturated rings. The second kappa shape index (κ2) is 5.65. The van der Waals surface area contributed by atoms with Gasteiger partial charge >= 0.3 is 5.97 Å². The Kier molecular flexibility index (Phi) is 3.95. The van der Waals surface area contributed by atoms with Crippen molar-refractivity contribution in [2.45, 2.75) is 20.8 Å². The molecule has 0 atom stereocenters. The monoisotopic (exact) mass is 255 g/mol. The summed E-state index contributed by atoms with van der Waals surface area (Å²) in [6, 6.07) is 11.7. The number of hydrogen-bond acceptors (Lipinski definition) is 3. The Bertz CT molecular complexity index is 605. The quantitative estimate of drug-likeness (QED) is 0.787. The van der Waals surface area contributed by atoms with Crippen molar-refractivity contribution in [3.8, 4) is 11.3 Å². The first kappa shape index (κ1) is 13.3.